The Kier molecular flexibility index (Phi) is 6.87. The number of Topliss-reactive ketones (excluding diaryl/α,β-unsaturated/α-hetero) is 1. The molecule has 0 aliphatic carbocycles. The second-order valence-electron chi connectivity index (χ2n) is 8.12. The van der Waals surface area contributed by atoms with Crippen LogP contribution in [0.15, 0.2) is 60.9 Å². The summed E-state index contributed by atoms with van der Waals surface area (Å²) in [5.74, 6) is 0.126. The first kappa shape index (κ1) is 23.0. The van der Waals surface area contributed by atoms with Crippen LogP contribution in [0.3, 0.4) is 0 Å². The maximum atomic E-state index is 12.8. The minimum atomic E-state index is -0.359. The first-order valence-corrected chi connectivity index (χ1v) is 10.9. The summed E-state index contributed by atoms with van der Waals surface area (Å²) in [5, 5.41) is 2.79. The van der Waals surface area contributed by atoms with Crippen LogP contribution >= 0.6 is 0 Å². The number of ether oxygens (including phenoxy) is 2. The highest BCUT2D eigenvalue weighted by molar-refractivity contribution is 6.04. The molecule has 2 heterocycles. The Balaban J connectivity index is 1.44. The lowest BCUT2D eigenvalue weighted by molar-refractivity contribution is -0.125. The molecule has 174 valence electrons. The van der Waals surface area contributed by atoms with Gasteiger partial charge in [-0.3, -0.25) is 24.3 Å². The average molecular weight is 460 g/mol. The van der Waals surface area contributed by atoms with Crippen molar-refractivity contribution >= 4 is 23.3 Å². The average Bonchev–Trinajstić information content (AvgIpc) is 2.83. The highest BCUT2D eigenvalue weighted by atomic mass is 16.5. The van der Waals surface area contributed by atoms with Gasteiger partial charge in [0.05, 0.1) is 5.69 Å². The zero-order valence-electron chi connectivity index (χ0n) is 19.0. The molecule has 3 aromatic rings. The molecule has 0 saturated carbocycles. The van der Waals surface area contributed by atoms with Gasteiger partial charge in [0.1, 0.15) is 18.0 Å². The number of fused-ring (bicyclic) bond motifs is 1. The van der Waals surface area contributed by atoms with Crippen LogP contribution in [0.5, 0.6) is 11.5 Å². The van der Waals surface area contributed by atoms with E-state index in [1.54, 1.807) is 42.7 Å². The first-order valence-electron chi connectivity index (χ1n) is 10.9. The van der Waals surface area contributed by atoms with Gasteiger partial charge in [0.15, 0.2) is 19.0 Å². The number of nitrogens with one attached hydrogen (secondary N) is 1. The zero-order valence-corrected chi connectivity index (χ0v) is 19.0. The van der Waals surface area contributed by atoms with Gasteiger partial charge < -0.3 is 14.8 Å². The van der Waals surface area contributed by atoms with Crippen molar-refractivity contribution < 1.29 is 23.9 Å². The number of carbonyl (C=O) groups excluding carboxylic acids is 3. The van der Waals surface area contributed by atoms with Crippen molar-refractivity contribution in [2.24, 2.45) is 0 Å². The molecule has 0 bridgehead atoms. The zero-order chi connectivity index (χ0) is 24.1. The number of rotatable bonds is 8. The van der Waals surface area contributed by atoms with Crippen LogP contribution in [0.25, 0.3) is 0 Å². The standard InChI is InChI=1S/C26H25N3O5/c1-17-9-18(2)11-21(10-17)33-15-23(30)20-3-4-24-22(12-20)29(26(32)16-34-24)14-25(31)28-13-19-5-7-27-8-6-19/h3-12H,13-16H2,1-2H3,(H,28,31). The number of hydrogen-bond acceptors (Lipinski definition) is 6. The van der Waals surface area contributed by atoms with E-state index in [9.17, 15) is 14.4 Å². The molecule has 0 atom stereocenters. The van der Waals surface area contributed by atoms with Gasteiger partial charge in [-0.2, -0.15) is 0 Å². The molecule has 0 unspecified atom stereocenters. The highest BCUT2D eigenvalue weighted by Gasteiger charge is 2.28. The summed E-state index contributed by atoms with van der Waals surface area (Å²) >= 11 is 0. The van der Waals surface area contributed by atoms with Crippen LogP contribution in [0.4, 0.5) is 5.69 Å². The topological polar surface area (TPSA) is 97.8 Å². The predicted molar refractivity (Wildman–Crippen MR) is 126 cm³/mol. The summed E-state index contributed by atoms with van der Waals surface area (Å²) in [7, 11) is 0. The van der Waals surface area contributed by atoms with Gasteiger partial charge in [-0.1, -0.05) is 6.07 Å². The number of amides is 2. The minimum Gasteiger partial charge on any atom is -0.485 e. The third kappa shape index (κ3) is 5.58. The molecule has 0 radical (unpaired) electrons. The summed E-state index contributed by atoms with van der Waals surface area (Å²) in [6.45, 7) is 3.74. The second-order valence-corrected chi connectivity index (χ2v) is 8.12. The summed E-state index contributed by atoms with van der Waals surface area (Å²) in [6.07, 6.45) is 3.29. The number of carbonyl (C=O) groups is 3. The van der Waals surface area contributed by atoms with Crippen LogP contribution in [0.1, 0.15) is 27.0 Å². The van der Waals surface area contributed by atoms with E-state index < -0.39 is 0 Å². The molecule has 8 heteroatoms. The number of ketones is 1. The number of hydrogen-bond donors (Lipinski definition) is 1. The van der Waals surface area contributed by atoms with E-state index in [1.807, 2.05) is 32.0 Å². The Morgan fingerprint density at radius 1 is 1.06 bits per heavy atom. The molecular formula is C26H25N3O5. The molecule has 4 rings (SSSR count). The van der Waals surface area contributed by atoms with Crippen molar-refractivity contribution in [1.29, 1.82) is 0 Å². The fraction of sp³-hybridized carbons (Fsp3) is 0.231. The first-order chi connectivity index (χ1) is 16.4. The molecule has 1 aliphatic rings. The monoisotopic (exact) mass is 459 g/mol. The lowest BCUT2D eigenvalue weighted by Crippen LogP contribution is -2.45. The van der Waals surface area contributed by atoms with Crippen molar-refractivity contribution in [2.45, 2.75) is 20.4 Å². The van der Waals surface area contributed by atoms with Gasteiger partial charge >= 0.3 is 0 Å². The molecule has 0 fully saturated rings. The third-order valence-corrected chi connectivity index (χ3v) is 5.33. The van der Waals surface area contributed by atoms with Crippen molar-refractivity contribution in [2.75, 3.05) is 24.7 Å². The van der Waals surface area contributed by atoms with Crippen LogP contribution in [0.2, 0.25) is 0 Å². The van der Waals surface area contributed by atoms with Gasteiger partial charge in [-0.15, -0.1) is 0 Å². The van der Waals surface area contributed by atoms with Crippen molar-refractivity contribution in [3.05, 3.63) is 83.2 Å². The summed E-state index contributed by atoms with van der Waals surface area (Å²) in [6, 6.07) is 14.2. The number of anilines is 1. The third-order valence-electron chi connectivity index (χ3n) is 5.33. The van der Waals surface area contributed by atoms with Crippen molar-refractivity contribution in [3.8, 4) is 11.5 Å². The summed E-state index contributed by atoms with van der Waals surface area (Å²) in [5.41, 5.74) is 3.74. The molecule has 1 aliphatic heterocycles. The van der Waals surface area contributed by atoms with E-state index in [4.69, 9.17) is 9.47 Å². The van der Waals surface area contributed by atoms with Crippen LogP contribution in [-0.2, 0) is 16.1 Å². The van der Waals surface area contributed by atoms with E-state index in [1.165, 1.54) is 4.90 Å². The number of benzene rings is 2. The van der Waals surface area contributed by atoms with Crippen LogP contribution in [-0.4, -0.2) is 42.3 Å². The lowest BCUT2D eigenvalue weighted by atomic mass is 10.1. The SMILES string of the molecule is Cc1cc(C)cc(OCC(=O)c2ccc3c(c2)N(CC(=O)NCc2ccncc2)C(=O)CO3)c1. The summed E-state index contributed by atoms with van der Waals surface area (Å²) < 4.78 is 11.2. The van der Waals surface area contributed by atoms with E-state index in [0.717, 1.165) is 16.7 Å². The Morgan fingerprint density at radius 3 is 2.53 bits per heavy atom. The Hall–Kier alpha value is -4.20. The maximum absolute atomic E-state index is 12.8. The van der Waals surface area contributed by atoms with Gasteiger partial charge in [0.2, 0.25) is 5.91 Å². The molecule has 2 amide bonds. The minimum absolute atomic E-state index is 0.150. The molecule has 1 N–H and O–H groups in total. The Bertz CT molecular complexity index is 1210. The lowest BCUT2D eigenvalue weighted by Gasteiger charge is -2.29. The number of pyridine rings is 1. The number of nitrogens with zero attached hydrogens (tertiary/aromatic N) is 2. The van der Waals surface area contributed by atoms with E-state index in [0.29, 0.717) is 29.3 Å². The van der Waals surface area contributed by atoms with Crippen LogP contribution in [0, 0.1) is 13.8 Å². The Morgan fingerprint density at radius 2 is 1.79 bits per heavy atom. The van der Waals surface area contributed by atoms with E-state index in [2.05, 4.69) is 10.3 Å². The normalized spacial score (nSPS) is 12.5. The molecule has 1 aromatic heterocycles. The second kappa shape index (κ2) is 10.2. The maximum Gasteiger partial charge on any atom is 0.265 e. The van der Waals surface area contributed by atoms with Crippen LogP contribution < -0.4 is 19.7 Å². The molecule has 8 nitrogen and oxygen atoms in total. The fourth-order valence-electron chi connectivity index (χ4n) is 3.70. The van der Waals surface area contributed by atoms with Gasteiger partial charge in [-0.05, 0) is 73.0 Å². The molecule has 0 spiro atoms. The van der Waals surface area contributed by atoms with Gasteiger partial charge in [-0.25, -0.2) is 0 Å². The number of aryl methyl sites for hydroxylation is 2. The highest BCUT2D eigenvalue weighted by Crippen LogP contribution is 2.33. The fourth-order valence-corrected chi connectivity index (χ4v) is 3.70. The molecular weight excluding hydrogens is 434 g/mol. The smallest absolute Gasteiger partial charge is 0.265 e. The van der Waals surface area contributed by atoms with Crippen molar-refractivity contribution in [1.82, 2.24) is 10.3 Å². The molecule has 34 heavy (non-hydrogen) atoms. The molecule has 2 aromatic carbocycles. The van der Waals surface area contributed by atoms with Crippen molar-refractivity contribution in [3.63, 3.8) is 0 Å². The predicted octanol–water partition coefficient (Wildman–Crippen LogP) is 3.00. The van der Waals surface area contributed by atoms with Gasteiger partial charge in [0.25, 0.3) is 5.91 Å². The quantitative estimate of drug-likeness (QED) is 0.520. The van der Waals surface area contributed by atoms with Gasteiger partial charge in [0, 0.05) is 24.5 Å². The van der Waals surface area contributed by atoms with E-state index >= 15 is 0 Å². The number of aromatic nitrogens is 1. The van der Waals surface area contributed by atoms with E-state index in [-0.39, 0.29) is 37.4 Å². The summed E-state index contributed by atoms with van der Waals surface area (Å²) in [4.78, 5) is 43.1. The largest absolute Gasteiger partial charge is 0.485 e. The Labute approximate surface area is 197 Å². The molecule has 0 saturated heterocycles.